The highest BCUT2D eigenvalue weighted by Crippen LogP contribution is 2.30. The zero-order valence-corrected chi connectivity index (χ0v) is 15.5. The van der Waals surface area contributed by atoms with Gasteiger partial charge in [-0.1, -0.05) is 13.8 Å². The lowest BCUT2D eigenvalue weighted by Gasteiger charge is -2.43. The Balaban J connectivity index is 1.84. The molecular formula is C19H26N4O3. The van der Waals surface area contributed by atoms with Crippen molar-refractivity contribution in [3.8, 4) is 0 Å². The van der Waals surface area contributed by atoms with Crippen molar-refractivity contribution in [2.24, 2.45) is 5.92 Å². The predicted molar refractivity (Wildman–Crippen MR) is 96.2 cm³/mol. The van der Waals surface area contributed by atoms with Gasteiger partial charge in [-0.15, -0.1) is 0 Å². The highest BCUT2D eigenvalue weighted by Gasteiger charge is 2.47. The molecule has 2 fully saturated rings. The summed E-state index contributed by atoms with van der Waals surface area (Å²) in [7, 11) is 0. The molecule has 7 heteroatoms. The van der Waals surface area contributed by atoms with Gasteiger partial charge in [0, 0.05) is 44.0 Å². The van der Waals surface area contributed by atoms with Crippen LogP contribution in [0, 0.1) is 5.92 Å². The molecule has 1 aromatic rings. The van der Waals surface area contributed by atoms with Crippen LogP contribution in [0.15, 0.2) is 24.5 Å². The molecule has 140 valence electrons. The van der Waals surface area contributed by atoms with E-state index in [1.54, 1.807) is 29.4 Å². The van der Waals surface area contributed by atoms with Gasteiger partial charge in [0.2, 0.25) is 11.8 Å². The third kappa shape index (κ3) is 3.71. The lowest BCUT2D eigenvalue weighted by atomic mass is 9.96. The molecule has 0 spiro atoms. The Morgan fingerprint density at radius 1 is 1.27 bits per heavy atom. The summed E-state index contributed by atoms with van der Waals surface area (Å²) in [4.78, 5) is 45.1. The van der Waals surface area contributed by atoms with Gasteiger partial charge in [-0.2, -0.15) is 0 Å². The smallest absolute Gasteiger partial charge is 0.254 e. The number of amides is 3. The molecule has 1 N–H and O–H groups in total. The van der Waals surface area contributed by atoms with Crippen molar-refractivity contribution in [2.45, 2.75) is 51.7 Å². The molecule has 0 radical (unpaired) electrons. The summed E-state index contributed by atoms with van der Waals surface area (Å²) in [6.07, 6.45) is 4.49. The standard InChI is InChI=1S/C19H26N4O3/c1-12(2)8-17-19(26)22-10-15(21-13(3)24)9-16(22)11-23(17)18(25)14-4-6-20-7-5-14/h4-7,12,15-17H,8-11H2,1-3H3,(H,21,24). The van der Waals surface area contributed by atoms with Gasteiger partial charge in [0.25, 0.3) is 5.91 Å². The molecule has 2 aliphatic heterocycles. The first kappa shape index (κ1) is 18.4. The fourth-order valence-electron chi connectivity index (χ4n) is 3.99. The Kier molecular flexibility index (Phi) is 5.25. The van der Waals surface area contributed by atoms with Crippen LogP contribution in [0.2, 0.25) is 0 Å². The molecule has 0 aromatic carbocycles. The van der Waals surface area contributed by atoms with Gasteiger partial charge in [0.15, 0.2) is 0 Å². The molecule has 3 atom stereocenters. The lowest BCUT2D eigenvalue weighted by Crippen LogP contribution is -2.61. The number of rotatable bonds is 4. The molecule has 1 aromatic heterocycles. The molecule has 0 bridgehead atoms. The zero-order chi connectivity index (χ0) is 18.8. The van der Waals surface area contributed by atoms with Crippen LogP contribution in [-0.2, 0) is 9.59 Å². The Labute approximate surface area is 153 Å². The first-order valence-electron chi connectivity index (χ1n) is 9.15. The van der Waals surface area contributed by atoms with Crippen molar-refractivity contribution in [1.29, 1.82) is 0 Å². The number of carbonyl (C=O) groups is 3. The highest BCUT2D eigenvalue weighted by atomic mass is 16.2. The maximum atomic E-state index is 13.1. The Bertz CT molecular complexity index is 691. The van der Waals surface area contributed by atoms with E-state index in [9.17, 15) is 14.4 Å². The predicted octanol–water partition coefficient (Wildman–Crippen LogP) is 1.06. The minimum absolute atomic E-state index is 0.00907. The maximum Gasteiger partial charge on any atom is 0.254 e. The summed E-state index contributed by atoms with van der Waals surface area (Å²) >= 11 is 0. The fourth-order valence-corrected chi connectivity index (χ4v) is 3.99. The fraction of sp³-hybridized carbons (Fsp3) is 0.579. The number of fused-ring (bicyclic) bond motifs is 1. The van der Waals surface area contributed by atoms with Gasteiger partial charge < -0.3 is 15.1 Å². The summed E-state index contributed by atoms with van der Waals surface area (Å²) in [5, 5.41) is 2.91. The van der Waals surface area contributed by atoms with Crippen molar-refractivity contribution in [3.05, 3.63) is 30.1 Å². The van der Waals surface area contributed by atoms with Gasteiger partial charge >= 0.3 is 0 Å². The summed E-state index contributed by atoms with van der Waals surface area (Å²) in [5.41, 5.74) is 0.548. The van der Waals surface area contributed by atoms with Crippen molar-refractivity contribution in [3.63, 3.8) is 0 Å². The van der Waals surface area contributed by atoms with Crippen LogP contribution in [-0.4, -0.2) is 63.7 Å². The number of pyridine rings is 1. The molecular weight excluding hydrogens is 332 g/mol. The highest BCUT2D eigenvalue weighted by molar-refractivity contribution is 5.98. The molecule has 3 rings (SSSR count). The molecule has 2 saturated heterocycles. The largest absolute Gasteiger partial charge is 0.352 e. The number of aromatic nitrogens is 1. The van der Waals surface area contributed by atoms with Crippen LogP contribution in [0.3, 0.4) is 0 Å². The van der Waals surface area contributed by atoms with Gasteiger partial charge in [0.1, 0.15) is 6.04 Å². The van der Waals surface area contributed by atoms with Gasteiger partial charge in [-0.3, -0.25) is 19.4 Å². The second-order valence-corrected chi connectivity index (χ2v) is 7.62. The molecule has 2 aliphatic rings. The minimum atomic E-state index is -0.456. The molecule has 0 aliphatic carbocycles. The van der Waals surface area contributed by atoms with Crippen LogP contribution in [0.1, 0.15) is 44.0 Å². The van der Waals surface area contributed by atoms with E-state index in [0.717, 1.165) is 0 Å². The third-order valence-electron chi connectivity index (χ3n) is 5.06. The van der Waals surface area contributed by atoms with Crippen molar-refractivity contribution in [1.82, 2.24) is 20.1 Å². The number of hydrogen-bond acceptors (Lipinski definition) is 4. The van der Waals surface area contributed by atoms with E-state index in [1.807, 2.05) is 4.90 Å². The maximum absolute atomic E-state index is 13.1. The van der Waals surface area contributed by atoms with Crippen LogP contribution < -0.4 is 5.32 Å². The topological polar surface area (TPSA) is 82.6 Å². The lowest BCUT2D eigenvalue weighted by molar-refractivity contribution is -0.142. The van der Waals surface area contributed by atoms with E-state index in [2.05, 4.69) is 24.1 Å². The second kappa shape index (κ2) is 7.43. The van der Waals surface area contributed by atoms with Gasteiger partial charge in [-0.25, -0.2) is 0 Å². The molecule has 3 amide bonds. The summed E-state index contributed by atoms with van der Waals surface area (Å²) in [6, 6.07) is 2.81. The zero-order valence-electron chi connectivity index (χ0n) is 15.5. The average molecular weight is 358 g/mol. The van der Waals surface area contributed by atoms with Gasteiger partial charge in [-0.05, 0) is 30.9 Å². The van der Waals surface area contributed by atoms with E-state index in [0.29, 0.717) is 37.4 Å². The van der Waals surface area contributed by atoms with Crippen LogP contribution >= 0.6 is 0 Å². The average Bonchev–Trinajstić information content (AvgIpc) is 2.99. The first-order valence-corrected chi connectivity index (χ1v) is 9.15. The number of nitrogens with zero attached hydrogens (tertiary/aromatic N) is 3. The third-order valence-corrected chi connectivity index (χ3v) is 5.06. The minimum Gasteiger partial charge on any atom is -0.352 e. The Morgan fingerprint density at radius 3 is 2.58 bits per heavy atom. The summed E-state index contributed by atoms with van der Waals surface area (Å²) < 4.78 is 0. The first-order chi connectivity index (χ1) is 12.4. The summed E-state index contributed by atoms with van der Waals surface area (Å²) in [5.74, 6) is 0.0620. The Hall–Kier alpha value is -2.44. The van der Waals surface area contributed by atoms with E-state index in [1.165, 1.54) is 6.92 Å². The quantitative estimate of drug-likeness (QED) is 0.872. The monoisotopic (exact) mass is 358 g/mol. The normalized spacial score (nSPS) is 25.4. The molecule has 0 saturated carbocycles. The van der Waals surface area contributed by atoms with Crippen LogP contribution in [0.4, 0.5) is 0 Å². The van der Waals surface area contributed by atoms with Gasteiger partial charge in [0.05, 0.1) is 6.04 Å². The van der Waals surface area contributed by atoms with Crippen LogP contribution in [0.25, 0.3) is 0 Å². The van der Waals surface area contributed by atoms with Crippen molar-refractivity contribution in [2.75, 3.05) is 13.1 Å². The molecule has 7 nitrogen and oxygen atoms in total. The van der Waals surface area contributed by atoms with Crippen molar-refractivity contribution < 1.29 is 14.4 Å². The number of nitrogens with one attached hydrogen (secondary N) is 1. The Morgan fingerprint density at radius 2 is 1.96 bits per heavy atom. The summed E-state index contributed by atoms with van der Waals surface area (Å²) in [6.45, 7) is 6.62. The number of piperazine rings is 1. The number of carbonyl (C=O) groups excluding carboxylic acids is 3. The molecule has 26 heavy (non-hydrogen) atoms. The molecule has 3 heterocycles. The van der Waals surface area contributed by atoms with Crippen LogP contribution in [0.5, 0.6) is 0 Å². The van der Waals surface area contributed by atoms with E-state index in [-0.39, 0.29) is 29.8 Å². The van der Waals surface area contributed by atoms with Crippen molar-refractivity contribution >= 4 is 17.7 Å². The SMILES string of the molecule is CC(=O)NC1CC2CN(C(=O)c3ccncc3)C(CC(C)C)C(=O)N2C1. The number of hydrogen-bond donors (Lipinski definition) is 1. The second-order valence-electron chi connectivity index (χ2n) is 7.62. The van der Waals surface area contributed by atoms with E-state index in [4.69, 9.17) is 0 Å². The van der Waals surface area contributed by atoms with E-state index >= 15 is 0 Å². The van der Waals surface area contributed by atoms with E-state index < -0.39 is 6.04 Å². The molecule has 3 unspecified atom stereocenters.